The standard InChI is InChI=1S/C21H32N2O4/c1-5-6-14-26-18-11-9-17(10-12-18)22-19(24)16-8-7-13-23(15-16)20(25)27-21(2,3)4/h9-12,16H,5-8,13-15H2,1-4H3,(H,22,24). The van der Waals surface area contributed by atoms with Gasteiger partial charge in [0.2, 0.25) is 5.91 Å². The molecule has 1 saturated heterocycles. The van der Waals surface area contributed by atoms with Gasteiger partial charge in [-0.1, -0.05) is 13.3 Å². The molecule has 1 aromatic rings. The fourth-order valence-electron chi connectivity index (χ4n) is 2.90. The van der Waals surface area contributed by atoms with Crippen LogP contribution in [0.4, 0.5) is 10.5 Å². The number of ether oxygens (including phenoxy) is 2. The summed E-state index contributed by atoms with van der Waals surface area (Å²) in [6.07, 6.45) is 3.32. The van der Waals surface area contributed by atoms with Crippen LogP contribution in [0.15, 0.2) is 24.3 Å². The number of piperidine rings is 1. The Balaban J connectivity index is 1.86. The summed E-state index contributed by atoms with van der Waals surface area (Å²) >= 11 is 0. The molecule has 0 radical (unpaired) electrons. The first kappa shape index (κ1) is 21.1. The van der Waals surface area contributed by atoms with Crippen molar-refractivity contribution in [2.45, 2.75) is 59.0 Å². The number of unbranched alkanes of at least 4 members (excludes halogenated alkanes) is 1. The Labute approximate surface area is 162 Å². The van der Waals surface area contributed by atoms with Gasteiger partial charge in [-0.15, -0.1) is 0 Å². The molecule has 1 atom stereocenters. The van der Waals surface area contributed by atoms with E-state index in [-0.39, 0.29) is 17.9 Å². The van der Waals surface area contributed by atoms with Gasteiger partial charge in [0.25, 0.3) is 0 Å². The lowest BCUT2D eigenvalue weighted by Crippen LogP contribution is -2.45. The molecule has 150 valence electrons. The summed E-state index contributed by atoms with van der Waals surface area (Å²) in [6, 6.07) is 7.40. The molecule has 0 bridgehead atoms. The Morgan fingerprint density at radius 3 is 2.56 bits per heavy atom. The van der Waals surface area contributed by atoms with Gasteiger partial charge in [-0.25, -0.2) is 4.79 Å². The highest BCUT2D eigenvalue weighted by Gasteiger charge is 2.31. The minimum Gasteiger partial charge on any atom is -0.494 e. The van der Waals surface area contributed by atoms with Crippen molar-refractivity contribution in [3.8, 4) is 5.75 Å². The SMILES string of the molecule is CCCCOc1ccc(NC(=O)C2CCCN(C(=O)OC(C)(C)C)C2)cc1. The Morgan fingerprint density at radius 2 is 1.93 bits per heavy atom. The van der Waals surface area contributed by atoms with Gasteiger partial charge in [-0.05, 0) is 64.3 Å². The average molecular weight is 376 g/mol. The second-order valence-corrected chi connectivity index (χ2v) is 7.98. The molecule has 1 aliphatic rings. The van der Waals surface area contributed by atoms with Crippen molar-refractivity contribution in [2.75, 3.05) is 25.0 Å². The van der Waals surface area contributed by atoms with Crippen LogP contribution in [-0.4, -0.2) is 42.2 Å². The van der Waals surface area contributed by atoms with E-state index < -0.39 is 5.60 Å². The van der Waals surface area contributed by atoms with E-state index in [1.165, 1.54) is 0 Å². The fourth-order valence-corrected chi connectivity index (χ4v) is 2.90. The summed E-state index contributed by atoms with van der Waals surface area (Å²) < 4.78 is 11.1. The number of nitrogens with zero attached hydrogens (tertiary/aromatic N) is 1. The van der Waals surface area contributed by atoms with Crippen LogP contribution in [0.1, 0.15) is 53.4 Å². The molecular formula is C21H32N2O4. The van der Waals surface area contributed by atoms with E-state index in [0.717, 1.165) is 37.1 Å². The second kappa shape index (κ2) is 9.62. The van der Waals surface area contributed by atoms with Crippen molar-refractivity contribution in [3.05, 3.63) is 24.3 Å². The lowest BCUT2D eigenvalue weighted by atomic mass is 9.97. The van der Waals surface area contributed by atoms with Gasteiger partial charge >= 0.3 is 6.09 Å². The van der Waals surface area contributed by atoms with Crippen molar-refractivity contribution < 1.29 is 19.1 Å². The first-order valence-corrected chi connectivity index (χ1v) is 9.80. The van der Waals surface area contributed by atoms with E-state index in [9.17, 15) is 9.59 Å². The maximum atomic E-state index is 12.6. The van der Waals surface area contributed by atoms with Gasteiger partial charge in [0.15, 0.2) is 0 Å². The zero-order valence-corrected chi connectivity index (χ0v) is 16.9. The van der Waals surface area contributed by atoms with E-state index >= 15 is 0 Å². The summed E-state index contributed by atoms with van der Waals surface area (Å²) in [5.41, 5.74) is 0.199. The molecule has 2 amide bonds. The molecule has 0 spiro atoms. The van der Waals surface area contributed by atoms with Crippen molar-refractivity contribution in [1.82, 2.24) is 4.90 Å². The van der Waals surface area contributed by atoms with Gasteiger partial charge < -0.3 is 19.7 Å². The second-order valence-electron chi connectivity index (χ2n) is 7.98. The summed E-state index contributed by atoms with van der Waals surface area (Å²) in [5.74, 6) is 0.505. The van der Waals surface area contributed by atoms with Gasteiger partial charge in [0.1, 0.15) is 11.4 Å². The zero-order valence-electron chi connectivity index (χ0n) is 16.9. The molecule has 27 heavy (non-hydrogen) atoms. The Bertz CT molecular complexity index is 622. The van der Waals surface area contributed by atoms with Crippen molar-refractivity contribution in [2.24, 2.45) is 5.92 Å². The highest BCUT2D eigenvalue weighted by Crippen LogP contribution is 2.22. The van der Waals surface area contributed by atoms with Crippen molar-refractivity contribution in [1.29, 1.82) is 0 Å². The van der Waals surface area contributed by atoms with Crippen molar-refractivity contribution >= 4 is 17.7 Å². The van der Waals surface area contributed by atoms with Gasteiger partial charge in [0.05, 0.1) is 12.5 Å². The molecule has 1 aromatic carbocycles. The van der Waals surface area contributed by atoms with E-state index in [4.69, 9.17) is 9.47 Å². The lowest BCUT2D eigenvalue weighted by molar-refractivity contribution is -0.121. The first-order chi connectivity index (χ1) is 12.8. The summed E-state index contributed by atoms with van der Waals surface area (Å²) in [5, 5.41) is 2.94. The van der Waals surface area contributed by atoms with E-state index in [1.54, 1.807) is 4.90 Å². The number of hydrogen-bond donors (Lipinski definition) is 1. The third-order valence-electron chi connectivity index (χ3n) is 4.33. The minimum atomic E-state index is -0.534. The summed E-state index contributed by atoms with van der Waals surface area (Å²) in [4.78, 5) is 26.5. The maximum absolute atomic E-state index is 12.6. The highest BCUT2D eigenvalue weighted by atomic mass is 16.6. The first-order valence-electron chi connectivity index (χ1n) is 9.80. The predicted octanol–water partition coefficient (Wildman–Crippen LogP) is 4.45. The molecule has 2 rings (SSSR count). The Hall–Kier alpha value is -2.24. The van der Waals surface area contributed by atoms with Crippen LogP contribution in [-0.2, 0) is 9.53 Å². The summed E-state index contributed by atoms with van der Waals surface area (Å²) in [6.45, 7) is 9.36. The van der Waals surface area contributed by atoms with Crippen LogP contribution in [0.25, 0.3) is 0 Å². The molecule has 6 nitrogen and oxygen atoms in total. The van der Waals surface area contributed by atoms with Gasteiger partial charge in [-0.2, -0.15) is 0 Å². The number of amides is 2. The lowest BCUT2D eigenvalue weighted by Gasteiger charge is -2.33. The molecule has 1 N–H and O–H groups in total. The molecular weight excluding hydrogens is 344 g/mol. The van der Waals surface area contributed by atoms with Crippen LogP contribution in [0.5, 0.6) is 5.75 Å². The summed E-state index contributed by atoms with van der Waals surface area (Å²) in [7, 11) is 0. The van der Waals surface area contributed by atoms with E-state index in [0.29, 0.717) is 19.7 Å². The van der Waals surface area contributed by atoms with Gasteiger partial charge in [0, 0.05) is 18.8 Å². The largest absolute Gasteiger partial charge is 0.494 e. The van der Waals surface area contributed by atoms with Crippen molar-refractivity contribution in [3.63, 3.8) is 0 Å². The molecule has 1 aliphatic heterocycles. The maximum Gasteiger partial charge on any atom is 0.410 e. The topological polar surface area (TPSA) is 67.9 Å². The number of nitrogens with one attached hydrogen (secondary N) is 1. The molecule has 0 aliphatic carbocycles. The quantitative estimate of drug-likeness (QED) is 0.745. The van der Waals surface area contributed by atoms with Crippen LogP contribution in [0.3, 0.4) is 0 Å². The fraction of sp³-hybridized carbons (Fsp3) is 0.619. The van der Waals surface area contributed by atoms with Crippen LogP contribution < -0.4 is 10.1 Å². The number of anilines is 1. The van der Waals surface area contributed by atoms with E-state index in [2.05, 4.69) is 12.2 Å². The molecule has 0 saturated carbocycles. The number of likely N-dealkylation sites (tertiary alicyclic amines) is 1. The van der Waals surface area contributed by atoms with Crippen LogP contribution in [0, 0.1) is 5.92 Å². The number of benzene rings is 1. The van der Waals surface area contributed by atoms with Gasteiger partial charge in [-0.3, -0.25) is 4.79 Å². The number of carbonyl (C=O) groups excluding carboxylic acids is 2. The van der Waals surface area contributed by atoms with Crippen LogP contribution >= 0.6 is 0 Å². The molecule has 1 fully saturated rings. The molecule has 1 heterocycles. The smallest absolute Gasteiger partial charge is 0.410 e. The average Bonchev–Trinajstić information content (AvgIpc) is 2.62. The monoisotopic (exact) mass is 376 g/mol. The van der Waals surface area contributed by atoms with Crippen LogP contribution in [0.2, 0.25) is 0 Å². The number of carbonyl (C=O) groups is 2. The zero-order chi connectivity index (χ0) is 19.9. The highest BCUT2D eigenvalue weighted by molar-refractivity contribution is 5.93. The minimum absolute atomic E-state index is 0.0667. The predicted molar refractivity (Wildman–Crippen MR) is 106 cm³/mol. The number of rotatable bonds is 6. The molecule has 1 unspecified atom stereocenters. The third kappa shape index (κ3) is 7.12. The van der Waals surface area contributed by atoms with E-state index in [1.807, 2.05) is 45.0 Å². The third-order valence-corrected chi connectivity index (χ3v) is 4.33. The molecule has 6 heteroatoms. The Kier molecular flexibility index (Phi) is 7.51. The normalized spacial score (nSPS) is 17.3. The number of hydrogen-bond acceptors (Lipinski definition) is 4. The molecule has 0 aromatic heterocycles. The Morgan fingerprint density at radius 1 is 1.22 bits per heavy atom.